The van der Waals surface area contributed by atoms with Crippen molar-refractivity contribution in [3.63, 3.8) is 0 Å². The van der Waals surface area contributed by atoms with Crippen LogP contribution in [-0.4, -0.2) is 21.9 Å². The zero-order valence-corrected chi connectivity index (χ0v) is 11.7. The predicted molar refractivity (Wildman–Crippen MR) is 81.7 cm³/mol. The Morgan fingerprint density at radius 2 is 1.95 bits per heavy atom. The zero-order chi connectivity index (χ0) is 14.5. The summed E-state index contributed by atoms with van der Waals surface area (Å²) in [5, 5.41) is 7.54. The van der Waals surface area contributed by atoms with Gasteiger partial charge in [-0.3, -0.25) is 0 Å². The monoisotopic (exact) mass is 280 g/mol. The lowest BCUT2D eigenvalue weighted by Gasteiger charge is -2.08. The molecule has 0 saturated heterocycles. The molecule has 1 aromatic carbocycles. The normalized spacial score (nSPS) is 10.3. The van der Waals surface area contributed by atoms with Crippen molar-refractivity contribution in [1.82, 2.24) is 14.8 Å². The van der Waals surface area contributed by atoms with E-state index in [9.17, 15) is 0 Å². The fourth-order valence-electron chi connectivity index (χ4n) is 2.02. The van der Waals surface area contributed by atoms with Crippen molar-refractivity contribution in [2.24, 2.45) is 0 Å². The minimum atomic E-state index is 0.628. The van der Waals surface area contributed by atoms with E-state index in [1.807, 2.05) is 59.4 Å². The molecule has 0 fully saturated rings. The third-order valence-electron chi connectivity index (χ3n) is 3.10. The van der Waals surface area contributed by atoms with Gasteiger partial charge in [0.1, 0.15) is 0 Å². The lowest BCUT2D eigenvalue weighted by molar-refractivity contribution is 0.396. The summed E-state index contributed by atoms with van der Waals surface area (Å²) in [5.41, 5.74) is 3.01. The second-order valence-corrected chi connectivity index (χ2v) is 4.52. The van der Waals surface area contributed by atoms with E-state index in [1.165, 1.54) is 0 Å². The van der Waals surface area contributed by atoms with Crippen LogP contribution in [-0.2, 0) is 6.54 Å². The van der Waals surface area contributed by atoms with Crippen molar-refractivity contribution >= 4 is 5.69 Å². The lowest BCUT2D eigenvalue weighted by atomic mass is 10.2. The molecular weight excluding hydrogens is 264 g/mol. The molecule has 0 atom stereocenters. The molecular formula is C16H16N4O. The van der Waals surface area contributed by atoms with E-state index in [1.54, 1.807) is 13.3 Å². The molecule has 0 unspecified atom stereocenters. The van der Waals surface area contributed by atoms with Crippen LogP contribution < -0.4 is 10.1 Å². The van der Waals surface area contributed by atoms with Crippen molar-refractivity contribution in [3.8, 4) is 11.6 Å². The SMILES string of the molecule is COc1cccc(CNc2ccc(-n3cccn3)cc2)n1. The number of benzene rings is 1. The standard InChI is InChI=1S/C16H16N4O/c1-21-16-5-2-4-14(19-16)12-17-13-6-8-15(9-7-13)20-11-3-10-18-20/h2-11,17H,12H2,1H3. The van der Waals surface area contributed by atoms with Gasteiger partial charge < -0.3 is 10.1 Å². The van der Waals surface area contributed by atoms with Crippen LogP contribution in [0.25, 0.3) is 5.69 Å². The van der Waals surface area contributed by atoms with Gasteiger partial charge >= 0.3 is 0 Å². The van der Waals surface area contributed by atoms with Gasteiger partial charge in [0.2, 0.25) is 5.88 Å². The average molecular weight is 280 g/mol. The first-order valence-electron chi connectivity index (χ1n) is 6.69. The number of methoxy groups -OCH3 is 1. The molecule has 0 amide bonds. The lowest BCUT2D eigenvalue weighted by Crippen LogP contribution is -2.02. The molecule has 3 aromatic rings. The maximum Gasteiger partial charge on any atom is 0.213 e. The van der Waals surface area contributed by atoms with Gasteiger partial charge in [0.05, 0.1) is 25.0 Å². The molecule has 0 saturated carbocycles. The summed E-state index contributed by atoms with van der Waals surface area (Å²) in [6, 6.07) is 15.7. The second kappa shape index (κ2) is 6.09. The Balaban J connectivity index is 1.65. The van der Waals surface area contributed by atoms with Crippen LogP contribution in [0.4, 0.5) is 5.69 Å². The van der Waals surface area contributed by atoms with Crippen LogP contribution in [0.2, 0.25) is 0 Å². The first-order valence-corrected chi connectivity index (χ1v) is 6.69. The van der Waals surface area contributed by atoms with Crippen LogP contribution in [0, 0.1) is 0 Å². The Kier molecular flexibility index (Phi) is 3.82. The number of hydrogen-bond donors (Lipinski definition) is 1. The fourth-order valence-corrected chi connectivity index (χ4v) is 2.02. The number of anilines is 1. The largest absolute Gasteiger partial charge is 0.481 e. The maximum absolute atomic E-state index is 5.12. The topological polar surface area (TPSA) is 52.0 Å². The number of pyridine rings is 1. The molecule has 106 valence electrons. The van der Waals surface area contributed by atoms with E-state index in [4.69, 9.17) is 4.74 Å². The Bertz CT molecular complexity index is 693. The quantitative estimate of drug-likeness (QED) is 0.780. The first kappa shape index (κ1) is 13.2. The summed E-state index contributed by atoms with van der Waals surface area (Å²) >= 11 is 0. The Morgan fingerprint density at radius 3 is 2.67 bits per heavy atom. The highest BCUT2D eigenvalue weighted by atomic mass is 16.5. The maximum atomic E-state index is 5.12. The highest BCUT2D eigenvalue weighted by Gasteiger charge is 1.99. The second-order valence-electron chi connectivity index (χ2n) is 4.52. The van der Waals surface area contributed by atoms with Gasteiger partial charge in [-0.05, 0) is 36.4 Å². The van der Waals surface area contributed by atoms with Crippen LogP contribution in [0.1, 0.15) is 5.69 Å². The molecule has 0 bridgehead atoms. The van der Waals surface area contributed by atoms with E-state index in [0.29, 0.717) is 12.4 Å². The van der Waals surface area contributed by atoms with Crippen molar-refractivity contribution < 1.29 is 4.74 Å². The smallest absolute Gasteiger partial charge is 0.213 e. The van der Waals surface area contributed by atoms with Crippen LogP contribution in [0.15, 0.2) is 60.9 Å². The summed E-state index contributed by atoms with van der Waals surface area (Å²) in [7, 11) is 1.62. The van der Waals surface area contributed by atoms with Crippen molar-refractivity contribution in [2.75, 3.05) is 12.4 Å². The average Bonchev–Trinajstić information content (AvgIpc) is 3.08. The highest BCUT2D eigenvalue weighted by Crippen LogP contribution is 2.14. The Morgan fingerprint density at radius 1 is 1.10 bits per heavy atom. The minimum absolute atomic E-state index is 0.628. The molecule has 0 radical (unpaired) electrons. The van der Waals surface area contributed by atoms with Gasteiger partial charge in [0, 0.05) is 24.1 Å². The molecule has 0 aliphatic carbocycles. The van der Waals surface area contributed by atoms with Crippen molar-refractivity contribution in [3.05, 3.63) is 66.6 Å². The molecule has 5 nitrogen and oxygen atoms in total. The number of ether oxygens (including phenoxy) is 1. The van der Waals surface area contributed by atoms with E-state index in [0.717, 1.165) is 17.1 Å². The molecule has 0 aliphatic heterocycles. The fraction of sp³-hybridized carbons (Fsp3) is 0.125. The van der Waals surface area contributed by atoms with Gasteiger partial charge in [-0.25, -0.2) is 9.67 Å². The van der Waals surface area contributed by atoms with Gasteiger partial charge in [-0.2, -0.15) is 5.10 Å². The van der Waals surface area contributed by atoms with Gasteiger partial charge in [0.15, 0.2) is 0 Å². The number of aromatic nitrogens is 3. The first-order chi connectivity index (χ1) is 10.3. The van der Waals surface area contributed by atoms with Gasteiger partial charge in [-0.1, -0.05) is 6.07 Å². The number of nitrogens with one attached hydrogen (secondary N) is 1. The summed E-state index contributed by atoms with van der Waals surface area (Å²) < 4.78 is 6.94. The molecule has 0 aliphatic rings. The summed E-state index contributed by atoms with van der Waals surface area (Å²) in [6.45, 7) is 0.651. The van der Waals surface area contributed by atoms with Crippen molar-refractivity contribution in [1.29, 1.82) is 0 Å². The Labute approximate surface area is 123 Å². The van der Waals surface area contributed by atoms with Gasteiger partial charge in [0.25, 0.3) is 0 Å². The third kappa shape index (κ3) is 3.20. The number of hydrogen-bond acceptors (Lipinski definition) is 4. The van der Waals surface area contributed by atoms with Crippen LogP contribution in [0.3, 0.4) is 0 Å². The van der Waals surface area contributed by atoms with Crippen LogP contribution in [0.5, 0.6) is 5.88 Å². The van der Waals surface area contributed by atoms with E-state index in [2.05, 4.69) is 15.4 Å². The van der Waals surface area contributed by atoms with E-state index in [-0.39, 0.29) is 0 Å². The Hall–Kier alpha value is -2.82. The molecule has 5 heteroatoms. The highest BCUT2D eigenvalue weighted by molar-refractivity contribution is 5.48. The molecule has 2 aromatic heterocycles. The molecule has 1 N–H and O–H groups in total. The van der Waals surface area contributed by atoms with Crippen molar-refractivity contribution in [2.45, 2.75) is 6.54 Å². The van der Waals surface area contributed by atoms with E-state index >= 15 is 0 Å². The number of rotatable bonds is 5. The minimum Gasteiger partial charge on any atom is -0.481 e. The summed E-state index contributed by atoms with van der Waals surface area (Å²) in [4.78, 5) is 4.37. The third-order valence-corrected chi connectivity index (χ3v) is 3.10. The van der Waals surface area contributed by atoms with Gasteiger partial charge in [-0.15, -0.1) is 0 Å². The molecule has 3 rings (SSSR count). The molecule has 21 heavy (non-hydrogen) atoms. The summed E-state index contributed by atoms with van der Waals surface area (Å²) in [5.74, 6) is 0.628. The zero-order valence-electron chi connectivity index (χ0n) is 11.7. The number of nitrogens with zero attached hydrogens (tertiary/aromatic N) is 3. The molecule has 0 spiro atoms. The van der Waals surface area contributed by atoms with Crippen LogP contribution >= 0.6 is 0 Å². The predicted octanol–water partition coefficient (Wildman–Crippen LogP) is 2.89. The summed E-state index contributed by atoms with van der Waals surface area (Å²) in [6.07, 6.45) is 3.68. The van der Waals surface area contributed by atoms with E-state index < -0.39 is 0 Å². The molecule has 2 heterocycles.